The fraction of sp³-hybridized carbons (Fsp3) is 0.667. The molecule has 0 bridgehead atoms. The second-order valence-corrected chi connectivity index (χ2v) is 6.90. The number of rotatable bonds is 3. The summed E-state index contributed by atoms with van der Waals surface area (Å²) in [5, 5.41) is 11.3. The molecule has 0 amide bonds. The van der Waals surface area contributed by atoms with Crippen LogP contribution in [-0.4, -0.2) is 30.3 Å². The van der Waals surface area contributed by atoms with Gasteiger partial charge >= 0.3 is 0 Å². The minimum atomic E-state index is -0.562. The van der Waals surface area contributed by atoms with Crippen molar-refractivity contribution >= 4 is 5.69 Å². The van der Waals surface area contributed by atoms with Gasteiger partial charge in [0, 0.05) is 30.7 Å². The zero-order valence-electron chi connectivity index (χ0n) is 12.9. The average Bonchev–Trinajstić information content (AvgIpc) is 2.57. The molecule has 1 heterocycles. The van der Waals surface area contributed by atoms with Crippen LogP contribution in [0.4, 0.5) is 5.69 Å². The van der Waals surface area contributed by atoms with Crippen LogP contribution >= 0.6 is 0 Å². The third-order valence-corrected chi connectivity index (χ3v) is 5.90. The van der Waals surface area contributed by atoms with Crippen molar-refractivity contribution in [1.29, 1.82) is 0 Å². The molecule has 3 nitrogen and oxygen atoms in total. The summed E-state index contributed by atoms with van der Waals surface area (Å²) >= 11 is 0. The lowest BCUT2D eigenvalue weighted by atomic mass is 9.60. The maximum Gasteiger partial charge on any atom is 0.0749 e. The summed E-state index contributed by atoms with van der Waals surface area (Å²) < 4.78 is 0. The van der Waals surface area contributed by atoms with Gasteiger partial charge in [0.2, 0.25) is 0 Å². The molecule has 116 valence electrons. The van der Waals surface area contributed by atoms with Crippen molar-refractivity contribution in [2.45, 2.75) is 50.5 Å². The highest BCUT2D eigenvalue weighted by Crippen LogP contribution is 2.49. The van der Waals surface area contributed by atoms with Gasteiger partial charge in [0.15, 0.2) is 0 Å². The number of aliphatic hydroxyl groups is 1. The van der Waals surface area contributed by atoms with Crippen LogP contribution in [-0.2, 0) is 0 Å². The number of benzene rings is 1. The summed E-state index contributed by atoms with van der Waals surface area (Å²) in [6.45, 7) is 2.50. The molecule has 0 aromatic heterocycles. The number of hydrogen-bond acceptors (Lipinski definition) is 3. The molecule has 1 aliphatic heterocycles. The number of nitrogens with zero attached hydrogens (tertiary/aromatic N) is 1. The lowest BCUT2D eigenvalue weighted by Gasteiger charge is -2.53. The van der Waals surface area contributed by atoms with E-state index in [1.54, 1.807) is 0 Å². The molecule has 1 aliphatic carbocycles. The zero-order chi connectivity index (χ0) is 14.8. The van der Waals surface area contributed by atoms with E-state index in [9.17, 15) is 5.11 Å². The molecule has 2 fully saturated rings. The van der Waals surface area contributed by atoms with Crippen molar-refractivity contribution in [2.75, 3.05) is 24.5 Å². The molecule has 3 heteroatoms. The van der Waals surface area contributed by atoms with Crippen LogP contribution < -0.4 is 10.6 Å². The molecule has 0 spiro atoms. The molecule has 0 unspecified atom stereocenters. The Balaban J connectivity index is 1.71. The Morgan fingerprint density at radius 1 is 0.952 bits per heavy atom. The van der Waals surface area contributed by atoms with Crippen LogP contribution in [0.1, 0.15) is 44.9 Å². The Bertz CT molecular complexity index is 446. The highest BCUT2D eigenvalue weighted by Gasteiger charge is 2.50. The van der Waals surface area contributed by atoms with Gasteiger partial charge in [0.1, 0.15) is 0 Å². The Hall–Kier alpha value is -1.06. The number of anilines is 1. The molecule has 1 saturated carbocycles. The van der Waals surface area contributed by atoms with Crippen LogP contribution in [0.5, 0.6) is 0 Å². The fourth-order valence-corrected chi connectivity index (χ4v) is 4.39. The van der Waals surface area contributed by atoms with E-state index in [0.29, 0.717) is 6.54 Å². The third-order valence-electron chi connectivity index (χ3n) is 5.90. The molecular formula is C18H28N2O. The van der Waals surface area contributed by atoms with Gasteiger partial charge in [-0.3, -0.25) is 0 Å². The molecule has 3 N–H and O–H groups in total. The van der Waals surface area contributed by atoms with Gasteiger partial charge in [0.05, 0.1) is 5.60 Å². The van der Waals surface area contributed by atoms with Crippen LogP contribution in [0.3, 0.4) is 0 Å². The second-order valence-electron chi connectivity index (χ2n) is 6.90. The molecule has 0 radical (unpaired) electrons. The first kappa shape index (κ1) is 14.9. The second kappa shape index (κ2) is 5.98. The number of para-hydroxylation sites is 1. The molecule has 3 rings (SSSR count). The third kappa shape index (κ3) is 2.69. The largest absolute Gasteiger partial charge is 0.389 e. The smallest absolute Gasteiger partial charge is 0.0749 e. The molecule has 0 atom stereocenters. The summed E-state index contributed by atoms with van der Waals surface area (Å²) in [6.07, 6.45) is 7.65. The fourth-order valence-electron chi connectivity index (χ4n) is 4.39. The molecule has 2 aliphatic rings. The minimum Gasteiger partial charge on any atom is -0.389 e. The summed E-state index contributed by atoms with van der Waals surface area (Å²) in [5.74, 6) is 0. The van der Waals surface area contributed by atoms with Gasteiger partial charge in [-0.05, 0) is 37.8 Å². The Labute approximate surface area is 128 Å². The molecule has 1 aromatic rings. The van der Waals surface area contributed by atoms with Crippen molar-refractivity contribution in [3.63, 3.8) is 0 Å². The van der Waals surface area contributed by atoms with Crippen molar-refractivity contribution in [1.82, 2.24) is 0 Å². The van der Waals surface area contributed by atoms with Crippen LogP contribution in [0.2, 0.25) is 0 Å². The lowest BCUT2D eigenvalue weighted by Crippen LogP contribution is -2.58. The molecular weight excluding hydrogens is 260 g/mol. The van der Waals surface area contributed by atoms with E-state index in [2.05, 4.69) is 35.2 Å². The highest BCUT2D eigenvalue weighted by molar-refractivity contribution is 5.46. The quantitative estimate of drug-likeness (QED) is 0.899. The van der Waals surface area contributed by atoms with E-state index >= 15 is 0 Å². The first-order valence-corrected chi connectivity index (χ1v) is 8.42. The predicted molar refractivity (Wildman–Crippen MR) is 87.4 cm³/mol. The van der Waals surface area contributed by atoms with Gasteiger partial charge < -0.3 is 15.7 Å². The van der Waals surface area contributed by atoms with Gasteiger partial charge in [-0.2, -0.15) is 0 Å². The Kier molecular flexibility index (Phi) is 4.23. The number of hydrogen-bond donors (Lipinski definition) is 2. The van der Waals surface area contributed by atoms with E-state index in [-0.39, 0.29) is 5.41 Å². The summed E-state index contributed by atoms with van der Waals surface area (Å²) in [4.78, 5) is 2.39. The van der Waals surface area contributed by atoms with Crippen molar-refractivity contribution in [2.24, 2.45) is 11.1 Å². The zero-order valence-corrected chi connectivity index (χ0v) is 12.9. The SMILES string of the molecule is NCC1(C2(O)CCN(c3ccccc3)CC2)CCCCC1. The number of nitrogens with two attached hydrogens (primary N) is 1. The average molecular weight is 288 g/mol. The molecule has 1 saturated heterocycles. The first-order chi connectivity index (χ1) is 10.2. The normalized spacial score (nSPS) is 24.8. The van der Waals surface area contributed by atoms with E-state index in [4.69, 9.17) is 5.73 Å². The summed E-state index contributed by atoms with van der Waals surface area (Å²) in [5.41, 5.74) is 6.80. The van der Waals surface area contributed by atoms with E-state index in [1.165, 1.54) is 24.9 Å². The van der Waals surface area contributed by atoms with Gasteiger partial charge in [-0.25, -0.2) is 0 Å². The Morgan fingerprint density at radius 2 is 1.57 bits per heavy atom. The topological polar surface area (TPSA) is 49.5 Å². The van der Waals surface area contributed by atoms with Gasteiger partial charge in [-0.1, -0.05) is 37.5 Å². The minimum absolute atomic E-state index is 0.0337. The number of piperidine rings is 1. The van der Waals surface area contributed by atoms with Crippen LogP contribution in [0, 0.1) is 5.41 Å². The lowest BCUT2D eigenvalue weighted by molar-refractivity contribution is -0.114. The van der Waals surface area contributed by atoms with Crippen LogP contribution in [0.25, 0.3) is 0 Å². The Morgan fingerprint density at radius 3 is 2.14 bits per heavy atom. The molecule has 1 aromatic carbocycles. The first-order valence-electron chi connectivity index (χ1n) is 8.42. The van der Waals surface area contributed by atoms with Gasteiger partial charge in [0.25, 0.3) is 0 Å². The standard InChI is InChI=1S/C18H28N2O/c19-15-17(9-5-2-6-10-17)18(21)11-13-20(14-12-18)16-7-3-1-4-8-16/h1,3-4,7-8,21H,2,5-6,9-15,19H2. The van der Waals surface area contributed by atoms with E-state index in [0.717, 1.165) is 38.8 Å². The predicted octanol–water partition coefficient (Wildman–Crippen LogP) is 2.93. The van der Waals surface area contributed by atoms with Crippen LogP contribution in [0.15, 0.2) is 30.3 Å². The van der Waals surface area contributed by atoms with E-state index in [1.807, 2.05) is 0 Å². The van der Waals surface area contributed by atoms with E-state index < -0.39 is 5.60 Å². The monoisotopic (exact) mass is 288 g/mol. The molecule has 21 heavy (non-hydrogen) atoms. The maximum absolute atomic E-state index is 11.3. The van der Waals surface area contributed by atoms with Gasteiger partial charge in [-0.15, -0.1) is 0 Å². The maximum atomic E-state index is 11.3. The van der Waals surface area contributed by atoms with Crippen molar-refractivity contribution in [3.05, 3.63) is 30.3 Å². The van der Waals surface area contributed by atoms with Crippen molar-refractivity contribution < 1.29 is 5.11 Å². The highest BCUT2D eigenvalue weighted by atomic mass is 16.3. The summed E-state index contributed by atoms with van der Waals surface area (Å²) in [7, 11) is 0. The van der Waals surface area contributed by atoms with Crippen molar-refractivity contribution in [3.8, 4) is 0 Å². The summed E-state index contributed by atoms with van der Waals surface area (Å²) in [6, 6.07) is 10.5.